The average Bonchev–Trinajstić information content (AvgIpc) is 2.17. The molecule has 0 fully saturated rings. The summed E-state index contributed by atoms with van der Waals surface area (Å²) in [6, 6.07) is 5.65. The van der Waals surface area contributed by atoms with E-state index in [-0.39, 0.29) is 18.0 Å². The third-order valence-electron chi connectivity index (χ3n) is 2.14. The van der Waals surface area contributed by atoms with E-state index in [1.54, 1.807) is 0 Å². The Morgan fingerprint density at radius 2 is 2.00 bits per heavy atom. The molecule has 0 bridgehead atoms. The first-order valence-corrected chi connectivity index (χ1v) is 5.97. The first-order valence-electron chi connectivity index (χ1n) is 5.59. The van der Waals surface area contributed by atoms with Crippen LogP contribution < -0.4 is 10.6 Å². The van der Waals surface area contributed by atoms with Crippen LogP contribution in [0.2, 0.25) is 5.02 Å². The summed E-state index contributed by atoms with van der Waals surface area (Å²) in [5.41, 5.74) is 1.67. The molecule has 0 unspecified atom stereocenters. The summed E-state index contributed by atoms with van der Waals surface area (Å²) < 4.78 is 0. The molecule has 0 aliphatic heterocycles. The van der Waals surface area contributed by atoms with Crippen molar-refractivity contribution in [3.05, 3.63) is 28.8 Å². The van der Waals surface area contributed by atoms with Crippen LogP contribution in [0.5, 0.6) is 0 Å². The van der Waals surface area contributed by atoms with Crippen LogP contribution in [0.15, 0.2) is 18.2 Å². The zero-order valence-corrected chi connectivity index (χ0v) is 11.5. The number of hydrogen-bond donors (Lipinski definition) is 2. The molecular weight excluding hydrogens is 236 g/mol. The Labute approximate surface area is 108 Å². The van der Waals surface area contributed by atoms with Gasteiger partial charge in [-0.25, -0.2) is 0 Å². The summed E-state index contributed by atoms with van der Waals surface area (Å²) in [6.07, 6.45) is 0. The predicted octanol–water partition coefficient (Wildman–Crippen LogP) is 2.98. The maximum Gasteiger partial charge on any atom is 0.239 e. The summed E-state index contributed by atoms with van der Waals surface area (Å²) >= 11 is 6.00. The predicted molar refractivity (Wildman–Crippen MR) is 72.6 cm³/mol. The van der Waals surface area contributed by atoms with Crippen molar-refractivity contribution in [3.63, 3.8) is 0 Å². The first kappa shape index (κ1) is 13.8. The molecule has 3 nitrogen and oxygen atoms in total. The highest BCUT2D eigenvalue weighted by Gasteiger charge is 2.13. The van der Waals surface area contributed by atoms with E-state index in [0.717, 1.165) is 11.3 Å². The highest BCUT2D eigenvalue weighted by Crippen LogP contribution is 2.19. The molecule has 0 radical (unpaired) electrons. The number of carbonyl (C=O) groups excluding carboxylic acids is 1. The van der Waals surface area contributed by atoms with E-state index < -0.39 is 0 Å². The quantitative estimate of drug-likeness (QED) is 0.871. The fourth-order valence-corrected chi connectivity index (χ4v) is 1.53. The highest BCUT2D eigenvalue weighted by atomic mass is 35.5. The molecule has 17 heavy (non-hydrogen) atoms. The molecule has 4 heteroatoms. The SMILES string of the molecule is Cc1ccc(NCC(=O)NC(C)(C)C)cc1Cl. The van der Waals surface area contributed by atoms with Gasteiger partial charge in [0.1, 0.15) is 0 Å². The van der Waals surface area contributed by atoms with E-state index in [1.165, 1.54) is 0 Å². The highest BCUT2D eigenvalue weighted by molar-refractivity contribution is 6.31. The fourth-order valence-electron chi connectivity index (χ4n) is 1.35. The molecule has 0 heterocycles. The van der Waals surface area contributed by atoms with Gasteiger partial charge in [-0.05, 0) is 45.4 Å². The molecule has 0 saturated carbocycles. The lowest BCUT2D eigenvalue weighted by atomic mass is 10.1. The molecule has 0 aliphatic rings. The molecule has 1 aromatic rings. The Bertz CT molecular complexity index is 410. The van der Waals surface area contributed by atoms with E-state index in [2.05, 4.69) is 10.6 Å². The van der Waals surface area contributed by atoms with E-state index in [9.17, 15) is 4.79 Å². The Kier molecular flexibility index (Phi) is 4.40. The minimum absolute atomic E-state index is 0.0332. The number of carbonyl (C=O) groups is 1. The summed E-state index contributed by atoms with van der Waals surface area (Å²) in [6.45, 7) is 8.05. The second-order valence-corrected chi connectivity index (χ2v) is 5.52. The van der Waals surface area contributed by atoms with E-state index >= 15 is 0 Å². The van der Waals surface area contributed by atoms with E-state index in [1.807, 2.05) is 45.9 Å². The minimum atomic E-state index is -0.205. The number of halogens is 1. The Balaban J connectivity index is 2.50. The monoisotopic (exact) mass is 254 g/mol. The van der Waals surface area contributed by atoms with Gasteiger partial charge in [-0.1, -0.05) is 17.7 Å². The van der Waals surface area contributed by atoms with Gasteiger partial charge in [0.25, 0.3) is 0 Å². The lowest BCUT2D eigenvalue weighted by Crippen LogP contribution is -2.43. The third-order valence-corrected chi connectivity index (χ3v) is 2.55. The van der Waals surface area contributed by atoms with Gasteiger partial charge in [-0.2, -0.15) is 0 Å². The summed E-state index contributed by atoms with van der Waals surface area (Å²) in [4.78, 5) is 11.6. The second kappa shape index (κ2) is 5.41. The molecule has 0 aromatic heterocycles. The van der Waals surface area contributed by atoms with Gasteiger partial charge in [0, 0.05) is 16.2 Å². The standard InChI is InChI=1S/C13H19ClN2O/c1-9-5-6-10(7-11(9)14)15-8-12(17)16-13(2,3)4/h5-7,15H,8H2,1-4H3,(H,16,17). The van der Waals surface area contributed by atoms with Crippen molar-refractivity contribution in [3.8, 4) is 0 Å². The van der Waals surface area contributed by atoms with Crippen LogP contribution in [0.1, 0.15) is 26.3 Å². The largest absolute Gasteiger partial charge is 0.376 e. The maximum atomic E-state index is 11.6. The maximum absolute atomic E-state index is 11.6. The van der Waals surface area contributed by atoms with Crippen LogP contribution in [-0.4, -0.2) is 18.0 Å². The lowest BCUT2D eigenvalue weighted by Gasteiger charge is -2.20. The van der Waals surface area contributed by atoms with Crippen molar-refractivity contribution in [1.82, 2.24) is 5.32 Å². The normalized spacial score (nSPS) is 11.1. The van der Waals surface area contributed by atoms with E-state index in [4.69, 9.17) is 11.6 Å². The summed E-state index contributed by atoms with van der Waals surface area (Å²) in [5.74, 6) is -0.0332. The molecule has 0 aliphatic carbocycles. The van der Waals surface area contributed by atoms with Crippen LogP contribution >= 0.6 is 11.6 Å². The van der Waals surface area contributed by atoms with Crippen LogP contribution in [0.25, 0.3) is 0 Å². The fraction of sp³-hybridized carbons (Fsp3) is 0.462. The van der Waals surface area contributed by atoms with Gasteiger partial charge < -0.3 is 10.6 Å². The number of amides is 1. The molecule has 2 N–H and O–H groups in total. The van der Waals surface area contributed by atoms with Gasteiger partial charge in [0.05, 0.1) is 6.54 Å². The topological polar surface area (TPSA) is 41.1 Å². The average molecular weight is 255 g/mol. The Morgan fingerprint density at radius 3 is 2.53 bits per heavy atom. The van der Waals surface area contributed by atoms with Crippen LogP contribution in [0, 0.1) is 6.92 Å². The van der Waals surface area contributed by atoms with Crippen molar-refractivity contribution < 1.29 is 4.79 Å². The van der Waals surface area contributed by atoms with Gasteiger partial charge in [0.15, 0.2) is 0 Å². The lowest BCUT2D eigenvalue weighted by molar-refractivity contribution is -0.120. The molecule has 1 aromatic carbocycles. The van der Waals surface area contributed by atoms with Crippen molar-refractivity contribution in [2.24, 2.45) is 0 Å². The van der Waals surface area contributed by atoms with Crippen molar-refractivity contribution >= 4 is 23.2 Å². The smallest absolute Gasteiger partial charge is 0.239 e. The molecule has 94 valence electrons. The van der Waals surface area contributed by atoms with Gasteiger partial charge in [-0.3, -0.25) is 4.79 Å². The van der Waals surface area contributed by atoms with Crippen molar-refractivity contribution in [2.75, 3.05) is 11.9 Å². The van der Waals surface area contributed by atoms with Gasteiger partial charge >= 0.3 is 0 Å². The van der Waals surface area contributed by atoms with Gasteiger partial charge in [-0.15, -0.1) is 0 Å². The zero-order valence-electron chi connectivity index (χ0n) is 10.7. The van der Waals surface area contributed by atoms with Crippen LogP contribution in [0.4, 0.5) is 5.69 Å². The van der Waals surface area contributed by atoms with Crippen LogP contribution in [0.3, 0.4) is 0 Å². The number of benzene rings is 1. The molecular formula is C13H19ClN2O. The number of hydrogen-bond acceptors (Lipinski definition) is 2. The molecule has 0 spiro atoms. The summed E-state index contributed by atoms with van der Waals surface area (Å²) in [7, 11) is 0. The van der Waals surface area contributed by atoms with Crippen LogP contribution in [-0.2, 0) is 4.79 Å². The first-order chi connectivity index (χ1) is 7.78. The molecule has 1 amide bonds. The number of nitrogens with one attached hydrogen (secondary N) is 2. The molecule has 1 rings (SSSR count). The third kappa shape index (κ3) is 5.09. The number of anilines is 1. The second-order valence-electron chi connectivity index (χ2n) is 5.12. The Morgan fingerprint density at radius 1 is 1.35 bits per heavy atom. The Hall–Kier alpha value is -1.22. The molecule has 0 atom stereocenters. The van der Waals surface area contributed by atoms with Crippen molar-refractivity contribution in [1.29, 1.82) is 0 Å². The zero-order chi connectivity index (χ0) is 13.1. The number of rotatable bonds is 3. The summed E-state index contributed by atoms with van der Waals surface area (Å²) in [5, 5.41) is 6.62. The number of aryl methyl sites for hydroxylation is 1. The van der Waals surface area contributed by atoms with Gasteiger partial charge in [0.2, 0.25) is 5.91 Å². The van der Waals surface area contributed by atoms with Crippen molar-refractivity contribution in [2.45, 2.75) is 33.2 Å². The minimum Gasteiger partial charge on any atom is -0.376 e. The van der Waals surface area contributed by atoms with E-state index in [0.29, 0.717) is 5.02 Å². The molecule has 0 saturated heterocycles.